The Labute approximate surface area is 89.4 Å². The van der Waals surface area contributed by atoms with Crippen molar-refractivity contribution in [2.75, 3.05) is 0 Å². The summed E-state index contributed by atoms with van der Waals surface area (Å²) in [5.74, 6) is 0. The van der Waals surface area contributed by atoms with E-state index < -0.39 is 9.76 Å². The van der Waals surface area contributed by atoms with Crippen LogP contribution in [0.15, 0.2) is 18.2 Å². The second-order valence-corrected chi connectivity index (χ2v) is 3.77. The molecule has 0 amide bonds. The van der Waals surface area contributed by atoms with E-state index in [-0.39, 0.29) is 10.7 Å². The predicted octanol–water partition coefficient (Wildman–Crippen LogP) is 3.72. The Balaban J connectivity index is 3.13. The molecular weight excluding hydrogens is 236 g/mol. The average molecular weight is 240 g/mol. The third kappa shape index (κ3) is 2.46. The molecule has 0 fully saturated rings. The van der Waals surface area contributed by atoms with Gasteiger partial charge in [0.2, 0.25) is 0 Å². The van der Waals surface area contributed by atoms with Crippen LogP contribution in [-0.4, -0.2) is 4.92 Å². The van der Waals surface area contributed by atoms with Crippen LogP contribution in [-0.2, 0) is 0 Å². The van der Waals surface area contributed by atoms with E-state index in [1.807, 2.05) is 0 Å². The van der Waals surface area contributed by atoms with Gasteiger partial charge in [-0.1, -0.05) is 11.6 Å². The Kier molecular flexibility index (Phi) is 3.36. The number of nitro benzene ring substituents is 1. The van der Waals surface area contributed by atoms with Crippen LogP contribution in [0.5, 0.6) is 0 Å². The molecule has 0 aliphatic rings. The molecule has 0 atom stereocenters. The van der Waals surface area contributed by atoms with Crippen LogP contribution >= 0.6 is 34.8 Å². The minimum atomic E-state index is -0.770. The molecule has 0 saturated carbocycles. The molecule has 1 rings (SSSR count). The molecule has 1 aromatic carbocycles. The fraction of sp³-hybridized carbons (Fsp3) is 0.143. The van der Waals surface area contributed by atoms with Crippen molar-refractivity contribution in [3.8, 4) is 0 Å². The quantitative estimate of drug-likeness (QED) is 0.449. The van der Waals surface area contributed by atoms with E-state index in [0.717, 1.165) is 0 Å². The lowest BCUT2D eigenvalue weighted by Gasteiger charge is -2.03. The van der Waals surface area contributed by atoms with Crippen molar-refractivity contribution in [1.29, 1.82) is 0 Å². The summed E-state index contributed by atoms with van der Waals surface area (Å²) in [6.07, 6.45) is 0. The predicted molar refractivity (Wildman–Crippen MR) is 52.6 cm³/mol. The molecule has 13 heavy (non-hydrogen) atoms. The molecule has 70 valence electrons. The van der Waals surface area contributed by atoms with Gasteiger partial charge in [-0.25, -0.2) is 0 Å². The van der Waals surface area contributed by atoms with Gasteiger partial charge in [-0.15, -0.1) is 23.2 Å². The number of halogens is 3. The van der Waals surface area contributed by atoms with E-state index in [4.69, 9.17) is 34.8 Å². The fourth-order valence-electron chi connectivity index (χ4n) is 0.807. The highest BCUT2D eigenvalue weighted by Gasteiger charge is 2.13. The van der Waals surface area contributed by atoms with Crippen molar-refractivity contribution in [2.24, 2.45) is 0 Å². The summed E-state index contributed by atoms with van der Waals surface area (Å²) >= 11 is 16.8. The van der Waals surface area contributed by atoms with Crippen molar-refractivity contribution < 1.29 is 4.92 Å². The van der Waals surface area contributed by atoms with Gasteiger partial charge in [-0.05, 0) is 6.07 Å². The lowest BCUT2D eigenvalue weighted by Crippen LogP contribution is -1.90. The lowest BCUT2D eigenvalue weighted by atomic mass is 10.2. The van der Waals surface area contributed by atoms with Crippen LogP contribution in [0.4, 0.5) is 5.69 Å². The number of benzene rings is 1. The topological polar surface area (TPSA) is 43.1 Å². The van der Waals surface area contributed by atoms with Crippen molar-refractivity contribution in [3.63, 3.8) is 0 Å². The summed E-state index contributed by atoms with van der Waals surface area (Å²) in [5, 5.41) is 10.5. The summed E-state index contributed by atoms with van der Waals surface area (Å²) < 4.78 is 0. The summed E-state index contributed by atoms with van der Waals surface area (Å²) in [6, 6.07) is 3.96. The molecule has 0 heterocycles. The van der Waals surface area contributed by atoms with Gasteiger partial charge in [-0.3, -0.25) is 10.1 Å². The molecule has 3 nitrogen and oxygen atoms in total. The third-order valence-electron chi connectivity index (χ3n) is 1.43. The molecule has 0 bridgehead atoms. The Morgan fingerprint density at radius 3 is 2.38 bits per heavy atom. The van der Waals surface area contributed by atoms with Gasteiger partial charge in [0, 0.05) is 17.7 Å². The van der Waals surface area contributed by atoms with E-state index in [2.05, 4.69) is 0 Å². The zero-order valence-electron chi connectivity index (χ0n) is 6.21. The zero-order valence-corrected chi connectivity index (χ0v) is 8.47. The zero-order chi connectivity index (χ0) is 10.0. The van der Waals surface area contributed by atoms with Crippen LogP contribution in [0.1, 0.15) is 10.4 Å². The van der Waals surface area contributed by atoms with Gasteiger partial charge < -0.3 is 0 Å². The highest BCUT2D eigenvalue weighted by molar-refractivity contribution is 6.45. The standard InChI is InChI=1S/C7H4Cl3NO2/c8-6-3-4(11(12)13)1-2-5(6)7(9)10/h1-3,7H. The van der Waals surface area contributed by atoms with Crippen LogP contribution in [0.25, 0.3) is 0 Å². The van der Waals surface area contributed by atoms with Gasteiger partial charge in [0.25, 0.3) is 5.69 Å². The minimum absolute atomic E-state index is 0.0808. The summed E-state index contributed by atoms with van der Waals surface area (Å²) in [7, 11) is 0. The van der Waals surface area contributed by atoms with E-state index in [1.165, 1.54) is 18.2 Å². The SMILES string of the molecule is O=[N+]([O-])c1ccc(C(Cl)Cl)c(Cl)c1. The second-order valence-electron chi connectivity index (χ2n) is 2.26. The maximum absolute atomic E-state index is 10.3. The molecule has 0 unspecified atom stereocenters. The second kappa shape index (κ2) is 4.13. The van der Waals surface area contributed by atoms with E-state index in [9.17, 15) is 10.1 Å². The fourth-order valence-corrected chi connectivity index (χ4v) is 1.58. The first-order valence-electron chi connectivity index (χ1n) is 3.24. The minimum Gasteiger partial charge on any atom is -0.258 e. The Morgan fingerprint density at radius 2 is 2.00 bits per heavy atom. The Bertz CT molecular complexity index is 341. The number of nitro groups is 1. The molecule has 6 heteroatoms. The third-order valence-corrected chi connectivity index (χ3v) is 2.23. The normalized spacial score (nSPS) is 10.5. The molecule has 0 radical (unpaired) electrons. The van der Waals surface area contributed by atoms with E-state index in [1.54, 1.807) is 0 Å². The largest absolute Gasteiger partial charge is 0.270 e. The average Bonchev–Trinajstić information content (AvgIpc) is 2.03. The number of hydrogen-bond donors (Lipinski definition) is 0. The molecule has 0 aliphatic carbocycles. The number of non-ortho nitro benzene ring substituents is 1. The maximum Gasteiger partial charge on any atom is 0.270 e. The van der Waals surface area contributed by atoms with E-state index in [0.29, 0.717) is 5.56 Å². The Hall–Kier alpha value is -0.510. The molecule has 0 saturated heterocycles. The van der Waals surface area contributed by atoms with Crippen LogP contribution in [0, 0.1) is 10.1 Å². The van der Waals surface area contributed by atoms with Crippen LogP contribution in [0.2, 0.25) is 5.02 Å². The molecular formula is C7H4Cl3NO2. The van der Waals surface area contributed by atoms with Gasteiger partial charge in [0.05, 0.1) is 9.95 Å². The van der Waals surface area contributed by atoms with Crippen molar-refractivity contribution in [1.82, 2.24) is 0 Å². The van der Waals surface area contributed by atoms with Crippen molar-refractivity contribution >= 4 is 40.5 Å². The number of nitrogens with zero attached hydrogens (tertiary/aromatic N) is 1. The Morgan fingerprint density at radius 1 is 1.38 bits per heavy atom. The first-order valence-corrected chi connectivity index (χ1v) is 4.49. The number of alkyl halides is 2. The number of hydrogen-bond acceptors (Lipinski definition) is 2. The molecule has 0 aromatic heterocycles. The highest BCUT2D eigenvalue weighted by atomic mass is 35.5. The van der Waals surface area contributed by atoms with Gasteiger partial charge in [0.1, 0.15) is 4.84 Å². The summed E-state index contributed by atoms with van der Waals surface area (Å²) in [6.45, 7) is 0. The van der Waals surface area contributed by atoms with Gasteiger partial charge in [-0.2, -0.15) is 0 Å². The lowest BCUT2D eigenvalue weighted by molar-refractivity contribution is -0.384. The van der Waals surface area contributed by atoms with Gasteiger partial charge >= 0.3 is 0 Å². The maximum atomic E-state index is 10.3. The molecule has 0 aliphatic heterocycles. The van der Waals surface area contributed by atoms with Crippen LogP contribution < -0.4 is 0 Å². The summed E-state index contributed by atoms with van der Waals surface area (Å²) in [5.41, 5.74) is 0.387. The van der Waals surface area contributed by atoms with E-state index >= 15 is 0 Å². The molecule has 0 spiro atoms. The first kappa shape index (κ1) is 10.6. The highest BCUT2D eigenvalue weighted by Crippen LogP contribution is 2.32. The van der Waals surface area contributed by atoms with Crippen molar-refractivity contribution in [3.05, 3.63) is 38.9 Å². The van der Waals surface area contributed by atoms with Crippen LogP contribution in [0.3, 0.4) is 0 Å². The molecule has 0 N–H and O–H groups in total. The summed E-state index contributed by atoms with van der Waals surface area (Å²) in [4.78, 5) is 9.01. The molecule has 1 aromatic rings. The van der Waals surface area contributed by atoms with Crippen molar-refractivity contribution in [2.45, 2.75) is 4.84 Å². The van der Waals surface area contributed by atoms with Gasteiger partial charge in [0.15, 0.2) is 0 Å². The number of rotatable bonds is 2. The smallest absolute Gasteiger partial charge is 0.258 e. The first-order chi connectivity index (χ1) is 6.02. The monoisotopic (exact) mass is 239 g/mol.